The standard InChI is InChI=1S/C20H18N4O3S/c1-13(2)16-8-6-14(7-9-16)12-21-23-20-22-19(25)18(28-20)11-15-4-3-5-17(10-15)24(26)27/h3-13H,1-2H3,(H,22,23,25)/b18-11-,21-12?. The molecule has 0 atom stereocenters. The summed E-state index contributed by atoms with van der Waals surface area (Å²) in [6.07, 6.45) is 3.20. The quantitative estimate of drug-likeness (QED) is 0.354. The number of amides is 1. The molecule has 7 nitrogen and oxygen atoms in total. The number of carbonyl (C=O) groups excluding carboxylic acids is 1. The SMILES string of the molecule is CC(C)c1ccc(C=NN=C2NC(=O)/C(=C/c3cccc([N+](=O)[O-])c3)S2)cc1. The van der Waals surface area contributed by atoms with Crippen LogP contribution in [0.2, 0.25) is 0 Å². The third kappa shape index (κ3) is 4.92. The van der Waals surface area contributed by atoms with Crippen LogP contribution in [0.3, 0.4) is 0 Å². The number of nitrogens with zero attached hydrogens (tertiary/aromatic N) is 3. The van der Waals surface area contributed by atoms with E-state index < -0.39 is 4.92 Å². The van der Waals surface area contributed by atoms with Gasteiger partial charge in [0.15, 0.2) is 5.17 Å². The molecule has 1 fully saturated rings. The summed E-state index contributed by atoms with van der Waals surface area (Å²) in [4.78, 5) is 22.9. The van der Waals surface area contributed by atoms with Crippen LogP contribution in [-0.4, -0.2) is 22.2 Å². The van der Waals surface area contributed by atoms with E-state index in [1.54, 1.807) is 24.4 Å². The topological polar surface area (TPSA) is 97.0 Å². The highest BCUT2D eigenvalue weighted by Crippen LogP contribution is 2.27. The molecular formula is C20H18N4O3S. The summed E-state index contributed by atoms with van der Waals surface area (Å²) < 4.78 is 0. The lowest BCUT2D eigenvalue weighted by molar-refractivity contribution is -0.384. The van der Waals surface area contributed by atoms with Gasteiger partial charge in [-0.15, -0.1) is 5.10 Å². The van der Waals surface area contributed by atoms with Crippen molar-refractivity contribution in [2.45, 2.75) is 19.8 Å². The third-order valence-corrected chi connectivity index (χ3v) is 4.89. The van der Waals surface area contributed by atoms with E-state index in [0.29, 0.717) is 21.6 Å². The number of nitro groups is 1. The van der Waals surface area contributed by atoms with Crippen LogP contribution in [0, 0.1) is 10.1 Å². The number of nitrogens with one attached hydrogen (secondary N) is 1. The molecule has 1 saturated heterocycles. The van der Waals surface area contributed by atoms with Crippen molar-refractivity contribution < 1.29 is 9.72 Å². The van der Waals surface area contributed by atoms with Gasteiger partial charge in [-0.1, -0.05) is 50.2 Å². The maximum absolute atomic E-state index is 12.1. The smallest absolute Gasteiger partial charge is 0.270 e. The molecule has 0 spiro atoms. The Hall–Kier alpha value is -3.26. The first kappa shape index (κ1) is 19.5. The maximum atomic E-state index is 12.1. The predicted octanol–water partition coefficient (Wildman–Crippen LogP) is 4.31. The number of nitro benzene ring substituents is 1. The average Bonchev–Trinajstić information content (AvgIpc) is 3.01. The van der Waals surface area contributed by atoms with Crippen LogP contribution in [0.1, 0.15) is 36.5 Å². The molecule has 2 aromatic carbocycles. The first-order valence-corrected chi connectivity index (χ1v) is 9.40. The molecule has 1 aliphatic heterocycles. The Labute approximate surface area is 166 Å². The Morgan fingerprint density at radius 3 is 2.57 bits per heavy atom. The predicted molar refractivity (Wildman–Crippen MR) is 112 cm³/mol. The molecule has 0 bridgehead atoms. The molecule has 0 aliphatic carbocycles. The highest BCUT2D eigenvalue weighted by molar-refractivity contribution is 8.18. The van der Waals surface area contributed by atoms with Gasteiger partial charge in [-0.3, -0.25) is 20.2 Å². The number of hydrogen-bond donors (Lipinski definition) is 1. The minimum absolute atomic E-state index is 0.0280. The van der Waals surface area contributed by atoms with E-state index in [9.17, 15) is 14.9 Å². The van der Waals surface area contributed by atoms with Crippen molar-refractivity contribution in [1.29, 1.82) is 0 Å². The molecule has 8 heteroatoms. The van der Waals surface area contributed by atoms with Crippen molar-refractivity contribution in [1.82, 2.24) is 5.32 Å². The van der Waals surface area contributed by atoms with Crippen LogP contribution in [0.25, 0.3) is 6.08 Å². The molecule has 2 aromatic rings. The van der Waals surface area contributed by atoms with Crippen molar-refractivity contribution in [3.8, 4) is 0 Å². The lowest BCUT2D eigenvalue weighted by Crippen LogP contribution is -2.19. The van der Waals surface area contributed by atoms with E-state index in [1.807, 2.05) is 24.3 Å². The van der Waals surface area contributed by atoms with Crippen LogP contribution in [0.5, 0.6) is 0 Å². The van der Waals surface area contributed by atoms with Gasteiger partial charge in [0.2, 0.25) is 0 Å². The second-order valence-corrected chi connectivity index (χ2v) is 7.42. The van der Waals surface area contributed by atoms with E-state index in [2.05, 4.69) is 29.4 Å². The molecule has 0 radical (unpaired) electrons. The summed E-state index contributed by atoms with van der Waals surface area (Å²) in [5, 5.41) is 21.9. The van der Waals surface area contributed by atoms with Crippen molar-refractivity contribution in [3.05, 3.63) is 80.2 Å². The molecule has 1 heterocycles. The Kier molecular flexibility index (Phi) is 6.00. The van der Waals surface area contributed by atoms with Crippen molar-refractivity contribution in [3.63, 3.8) is 0 Å². The lowest BCUT2D eigenvalue weighted by Gasteiger charge is -2.03. The molecule has 0 unspecified atom stereocenters. The Balaban J connectivity index is 1.69. The second kappa shape index (κ2) is 8.62. The Morgan fingerprint density at radius 1 is 1.14 bits per heavy atom. The summed E-state index contributed by atoms with van der Waals surface area (Å²) in [5.41, 5.74) is 2.70. The number of thioether (sulfide) groups is 1. The zero-order chi connectivity index (χ0) is 20.1. The molecule has 0 saturated carbocycles. The molecule has 1 N–H and O–H groups in total. The fourth-order valence-electron chi connectivity index (χ4n) is 2.47. The number of hydrogen-bond acceptors (Lipinski definition) is 6. The largest absolute Gasteiger partial charge is 0.299 e. The summed E-state index contributed by atoms with van der Waals surface area (Å²) in [7, 11) is 0. The van der Waals surface area contributed by atoms with Gasteiger partial charge in [0, 0.05) is 12.1 Å². The summed E-state index contributed by atoms with van der Waals surface area (Å²) in [5.74, 6) is 0.152. The zero-order valence-corrected chi connectivity index (χ0v) is 16.1. The average molecular weight is 394 g/mol. The first-order valence-electron chi connectivity index (χ1n) is 8.59. The fraction of sp³-hybridized carbons (Fsp3) is 0.150. The lowest BCUT2D eigenvalue weighted by atomic mass is 10.0. The Bertz CT molecular complexity index is 995. The number of carbonyl (C=O) groups is 1. The van der Waals surface area contributed by atoms with E-state index in [0.717, 1.165) is 17.3 Å². The molecule has 3 rings (SSSR count). The molecule has 1 aliphatic rings. The van der Waals surface area contributed by atoms with Gasteiger partial charge >= 0.3 is 0 Å². The third-order valence-electron chi connectivity index (χ3n) is 3.99. The summed E-state index contributed by atoms with van der Waals surface area (Å²) in [6, 6.07) is 14.1. The summed E-state index contributed by atoms with van der Waals surface area (Å²) in [6.45, 7) is 4.27. The van der Waals surface area contributed by atoms with Gasteiger partial charge in [0.25, 0.3) is 11.6 Å². The molecule has 0 aromatic heterocycles. The number of non-ortho nitro benzene ring substituents is 1. The van der Waals surface area contributed by atoms with Crippen LogP contribution in [0.15, 0.2) is 63.6 Å². The highest BCUT2D eigenvalue weighted by Gasteiger charge is 2.24. The van der Waals surface area contributed by atoms with E-state index in [-0.39, 0.29) is 11.6 Å². The van der Waals surface area contributed by atoms with Gasteiger partial charge < -0.3 is 0 Å². The van der Waals surface area contributed by atoms with Gasteiger partial charge in [-0.05, 0) is 40.4 Å². The molecule has 142 valence electrons. The highest BCUT2D eigenvalue weighted by atomic mass is 32.2. The number of rotatable bonds is 5. The monoisotopic (exact) mass is 394 g/mol. The van der Waals surface area contributed by atoms with Crippen molar-refractivity contribution in [2.75, 3.05) is 0 Å². The minimum atomic E-state index is -0.473. The first-order chi connectivity index (χ1) is 13.4. The zero-order valence-electron chi connectivity index (χ0n) is 15.3. The summed E-state index contributed by atoms with van der Waals surface area (Å²) >= 11 is 1.14. The molecule has 1 amide bonds. The van der Waals surface area contributed by atoms with Gasteiger partial charge in [0.1, 0.15) is 0 Å². The fourth-order valence-corrected chi connectivity index (χ4v) is 3.25. The second-order valence-electron chi connectivity index (χ2n) is 6.39. The Morgan fingerprint density at radius 2 is 1.89 bits per heavy atom. The molecular weight excluding hydrogens is 376 g/mol. The van der Waals surface area contributed by atoms with Crippen LogP contribution in [-0.2, 0) is 4.79 Å². The van der Waals surface area contributed by atoms with Crippen molar-refractivity contribution >= 4 is 40.8 Å². The molecule has 28 heavy (non-hydrogen) atoms. The minimum Gasteiger partial charge on any atom is -0.299 e. The van der Waals surface area contributed by atoms with E-state index >= 15 is 0 Å². The van der Waals surface area contributed by atoms with E-state index in [4.69, 9.17) is 0 Å². The van der Waals surface area contributed by atoms with Gasteiger partial charge in [-0.25, -0.2) is 0 Å². The number of benzene rings is 2. The van der Waals surface area contributed by atoms with Gasteiger partial charge in [-0.2, -0.15) is 5.10 Å². The number of amidine groups is 1. The van der Waals surface area contributed by atoms with Crippen LogP contribution >= 0.6 is 11.8 Å². The van der Waals surface area contributed by atoms with E-state index in [1.165, 1.54) is 17.7 Å². The van der Waals surface area contributed by atoms with Crippen molar-refractivity contribution in [2.24, 2.45) is 10.2 Å². The normalized spacial score (nSPS) is 17.0. The van der Waals surface area contributed by atoms with Crippen LogP contribution in [0.4, 0.5) is 5.69 Å². The van der Waals surface area contributed by atoms with Gasteiger partial charge in [0.05, 0.1) is 16.0 Å². The maximum Gasteiger partial charge on any atom is 0.270 e. The van der Waals surface area contributed by atoms with Crippen LogP contribution < -0.4 is 5.32 Å².